The molecule has 1 aliphatic carbocycles. The van der Waals surface area contributed by atoms with Gasteiger partial charge < -0.3 is 5.32 Å². The summed E-state index contributed by atoms with van der Waals surface area (Å²) in [5.41, 5.74) is 1.38. The van der Waals surface area contributed by atoms with Crippen molar-refractivity contribution < 1.29 is 0 Å². The van der Waals surface area contributed by atoms with Crippen LogP contribution < -0.4 is 5.32 Å². The van der Waals surface area contributed by atoms with E-state index in [9.17, 15) is 0 Å². The van der Waals surface area contributed by atoms with Crippen LogP contribution >= 0.6 is 11.6 Å². The van der Waals surface area contributed by atoms with Gasteiger partial charge in [-0.05, 0) is 25.2 Å². The average Bonchev–Trinajstić information content (AvgIpc) is 2.28. The van der Waals surface area contributed by atoms with Crippen molar-refractivity contribution in [3.05, 3.63) is 16.5 Å². The minimum absolute atomic E-state index is 0.294. The summed E-state index contributed by atoms with van der Waals surface area (Å²) in [6, 6.07) is 0. The molecule has 1 fully saturated rings. The molecule has 1 aliphatic rings. The number of aromatic nitrogens is 2. The normalized spacial score (nSPS) is 17.7. The van der Waals surface area contributed by atoms with Crippen LogP contribution in [0.1, 0.15) is 57.3 Å². The summed E-state index contributed by atoms with van der Waals surface area (Å²) in [6.07, 6.45) is 3.95. The number of rotatable bonds is 4. The molecule has 1 aromatic rings. The van der Waals surface area contributed by atoms with Gasteiger partial charge in [-0.1, -0.05) is 38.8 Å². The maximum absolute atomic E-state index is 6.17. The SMILES string of the molecule is Cc1c(Cl)nc(C(C)C)nc1NCC1(C)CCC1. The first-order chi connectivity index (χ1) is 8.41. The highest BCUT2D eigenvalue weighted by atomic mass is 35.5. The van der Waals surface area contributed by atoms with Crippen LogP contribution in [0.5, 0.6) is 0 Å². The molecule has 3 nitrogen and oxygen atoms in total. The van der Waals surface area contributed by atoms with Crippen molar-refractivity contribution in [2.45, 2.75) is 52.9 Å². The highest BCUT2D eigenvalue weighted by molar-refractivity contribution is 6.30. The molecule has 1 aromatic heterocycles. The van der Waals surface area contributed by atoms with E-state index in [1.807, 2.05) is 6.92 Å². The van der Waals surface area contributed by atoms with E-state index in [-0.39, 0.29) is 0 Å². The van der Waals surface area contributed by atoms with Gasteiger partial charge in [0.1, 0.15) is 16.8 Å². The highest BCUT2D eigenvalue weighted by Gasteiger charge is 2.31. The second-order valence-electron chi connectivity index (χ2n) is 6.02. The van der Waals surface area contributed by atoms with E-state index < -0.39 is 0 Å². The fourth-order valence-electron chi connectivity index (χ4n) is 2.19. The Bertz CT molecular complexity index is 439. The molecule has 4 heteroatoms. The fourth-order valence-corrected chi connectivity index (χ4v) is 2.37. The smallest absolute Gasteiger partial charge is 0.137 e. The van der Waals surface area contributed by atoms with E-state index in [0.29, 0.717) is 16.5 Å². The molecule has 0 aromatic carbocycles. The number of nitrogens with one attached hydrogen (secondary N) is 1. The molecule has 0 spiro atoms. The first-order valence-electron chi connectivity index (χ1n) is 6.69. The van der Waals surface area contributed by atoms with E-state index in [1.165, 1.54) is 19.3 Å². The second kappa shape index (κ2) is 5.04. The largest absolute Gasteiger partial charge is 0.369 e. The van der Waals surface area contributed by atoms with Gasteiger partial charge in [0.05, 0.1) is 0 Å². The van der Waals surface area contributed by atoms with Gasteiger partial charge >= 0.3 is 0 Å². The van der Waals surface area contributed by atoms with Gasteiger partial charge in [-0.3, -0.25) is 0 Å². The average molecular weight is 268 g/mol. The molecule has 0 aliphatic heterocycles. The third-order valence-corrected chi connectivity index (χ3v) is 4.23. The topological polar surface area (TPSA) is 37.8 Å². The summed E-state index contributed by atoms with van der Waals surface area (Å²) >= 11 is 6.17. The highest BCUT2D eigenvalue weighted by Crippen LogP contribution is 2.40. The Labute approximate surface area is 114 Å². The monoisotopic (exact) mass is 267 g/mol. The Morgan fingerprint density at radius 3 is 2.50 bits per heavy atom. The predicted octanol–water partition coefficient (Wildman–Crippen LogP) is 4.16. The minimum atomic E-state index is 0.294. The molecule has 1 heterocycles. The summed E-state index contributed by atoms with van der Waals surface area (Å²) in [5, 5.41) is 4.02. The third kappa shape index (κ3) is 2.77. The van der Waals surface area contributed by atoms with Gasteiger partial charge in [-0.2, -0.15) is 0 Å². The summed E-state index contributed by atoms with van der Waals surface area (Å²) in [6.45, 7) is 9.43. The van der Waals surface area contributed by atoms with E-state index in [0.717, 1.165) is 23.8 Å². The summed E-state index contributed by atoms with van der Waals surface area (Å²) in [4.78, 5) is 8.91. The quantitative estimate of drug-likeness (QED) is 0.833. The maximum Gasteiger partial charge on any atom is 0.137 e. The van der Waals surface area contributed by atoms with Crippen molar-refractivity contribution in [1.29, 1.82) is 0 Å². The van der Waals surface area contributed by atoms with Crippen molar-refractivity contribution >= 4 is 17.4 Å². The van der Waals surface area contributed by atoms with E-state index in [4.69, 9.17) is 11.6 Å². The number of hydrogen-bond acceptors (Lipinski definition) is 3. The number of hydrogen-bond donors (Lipinski definition) is 1. The summed E-state index contributed by atoms with van der Waals surface area (Å²) in [7, 11) is 0. The molecular weight excluding hydrogens is 246 g/mol. The van der Waals surface area contributed by atoms with Crippen LogP contribution in [-0.4, -0.2) is 16.5 Å². The lowest BCUT2D eigenvalue weighted by Gasteiger charge is -2.38. The van der Waals surface area contributed by atoms with Crippen LogP contribution in [0.25, 0.3) is 0 Å². The van der Waals surface area contributed by atoms with Crippen LogP contribution in [0.3, 0.4) is 0 Å². The molecule has 1 N–H and O–H groups in total. The van der Waals surface area contributed by atoms with Crippen LogP contribution in [-0.2, 0) is 0 Å². The predicted molar refractivity (Wildman–Crippen MR) is 76.3 cm³/mol. The van der Waals surface area contributed by atoms with E-state index in [1.54, 1.807) is 0 Å². The molecule has 0 unspecified atom stereocenters. The molecule has 100 valence electrons. The zero-order valence-corrected chi connectivity index (χ0v) is 12.4. The van der Waals surface area contributed by atoms with Gasteiger partial charge in [-0.25, -0.2) is 9.97 Å². The summed E-state index contributed by atoms with van der Waals surface area (Å²) < 4.78 is 0. The number of halogens is 1. The molecule has 2 rings (SSSR count). The molecule has 0 amide bonds. The number of nitrogens with zero attached hydrogens (tertiary/aromatic N) is 2. The van der Waals surface area contributed by atoms with Crippen molar-refractivity contribution in [2.24, 2.45) is 5.41 Å². The lowest BCUT2D eigenvalue weighted by Crippen LogP contribution is -2.33. The van der Waals surface area contributed by atoms with Gasteiger partial charge in [0.25, 0.3) is 0 Å². The molecule has 0 saturated heterocycles. The van der Waals surface area contributed by atoms with Crippen LogP contribution in [0.2, 0.25) is 5.15 Å². The van der Waals surface area contributed by atoms with Crippen molar-refractivity contribution in [3.8, 4) is 0 Å². The van der Waals surface area contributed by atoms with E-state index in [2.05, 4.69) is 36.1 Å². The Morgan fingerprint density at radius 1 is 1.33 bits per heavy atom. The third-order valence-electron chi connectivity index (χ3n) is 3.86. The standard InChI is InChI=1S/C14H22ClN3/c1-9(2)12-17-11(15)10(3)13(18-12)16-8-14(4)6-5-7-14/h9H,5-8H2,1-4H3,(H,16,17,18). The maximum atomic E-state index is 6.17. The molecule has 0 radical (unpaired) electrons. The zero-order valence-electron chi connectivity index (χ0n) is 11.7. The molecule has 0 bridgehead atoms. The first-order valence-corrected chi connectivity index (χ1v) is 7.07. The minimum Gasteiger partial charge on any atom is -0.369 e. The van der Waals surface area contributed by atoms with Crippen molar-refractivity contribution in [3.63, 3.8) is 0 Å². The van der Waals surface area contributed by atoms with Gasteiger partial charge in [0, 0.05) is 18.0 Å². The van der Waals surface area contributed by atoms with Crippen molar-refractivity contribution in [2.75, 3.05) is 11.9 Å². The summed E-state index contributed by atoms with van der Waals surface area (Å²) in [5.74, 6) is 2.00. The van der Waals surface area contributed by atoms with E-state index >= 15 is 0 Å². The lowest BCUT2D eigenvalue weighted by molar-refractivity contribution is 0.179. The lowest BCUT2D eigenvalue weighted by atomic mass is 9.70. The second-order valence-corrected chi connectivity index (χ2v) is 6.38. The Morgan fingerprint density at radius 2 is 2.00 bits per heavy atom. The number of anilines is 1. The molecule has 0 atom stereocenters. The molecule has 18 heavy (non-hydrogen) atoms. The van der Waals surface area contributed by atoms with Crippen LogP contribution in [0, 0.1) is 12.3 Å². The molecule has 1 saturated carbocycles. The van der Waals surface area contributed by atoms with Gasteiger partial charge in [-0.15, -0.1) is 0 Å². The Hall–Kier alpha value is -0.830. The fraction of sp³-hybridized carbons (Fsp3) is 0.714. The van der Waals surface area contributed by atoms with Crippen LogP contribution in [0.15, 0.2) is 0 Å². The van der Waals surface area contributed by atoms with Crippen LogP contribution in [0.4, 0.5) is 5.82 Å². The first kappa shape index (κ1) is 13.6. The van der Waals surface area contributed by atoms with Gasteiger partial charge in [0.15, 0.2) is 0 Å². The zero-order chi connectivity index (χ0) is 13.3. The van der Waals surface area contributed by atoms with Crippen molar-refractivity contribution in [1.82, 2.24) is 9.97 Å². The Balaban J connectivity index is 2.15. The van der Waals surface area contributed by atoms with Gasteiger partial charge in [0.2, 0.25) is 0 Å². The Kier molecular flexibility index (Phi) is 3.81. The molecular formula is C14H22ClN3.